The summed E-state index contributed by atoms with van der Waals surface area (Å²) >= 11 is 0. The van der Waals surface area contributed by atoms with Crippen LogP contribution in [0.25, 0.3) is 0 Å². The van der Waals surface area contributed by atoms with E-state index in [1.165, 1.54) is 12.1 Å². The van der Waals surface area contributed by atoms with E-state index in [1.807, 2.05) is 0 Å². The summed E-state index contributed by atoms with van der Waals surface area (Å²) < 4.78 is 41.3. The van der Waals surface area contributed by atoms with Crippen molar-refractivity contribution in [2.75, 3.05) is 28.6 Å². The maximum atomic E-state index is 12.9. The number of piperidine rings is 1. The fraction of sp³-hybridized carbons (Fsp3) is 0.381. The number of nitrogens with zero attached hydrogens (tertiary/aromatic N) is 2. The van der Waals surface area contributed by atoms with Gasteiger partial charge in [0.25, 0.3) is 5.56 Å². The molecule has 1 atom stereocenters. The molecule has 4 rings (SSSR count). The molecule has 0 spiro atoms. The van der Waals surface area contributed by atoms with Crippen molar-refractivity contribution in [3.8, 4) is 5.75 Å². The number of hydrogen-bond donors (Lipinski definition) is 4. The van der Waals surface area contributed by atoms with Crippen molar-refractivity contribution in [2.45, 2.75) is 31.5 Å². The Morgan fingerprint density at radius 1 is 1.20 bits per heavy atom. The largest absolute Gasteiger partial charge is 0.573 e. The summed E-state index contributed by atoms with van der Waals surface area (Å²) in [6, 6.07) is 4.62. The Morgan fingerprint density at radius 2 is 1.91 bits per heavy atom. The lowest BCUT2D eigenvalue weighted by Gasteiger charge is -2.32. The quantitative estimate of drug-likeness (QED) is 0.489. The number of benzene rings is 1. The number of hydrogen-bond acceptors (Lipinski definition) is 7. The predicted molar refractivity (Wildman–Crippen MR) is 117 cm³/mol. The van der Waals surface area contributed by atoms with Gasteiger partial charge in [0, 0.05) is 37.2 Å². The highest BCUT2D eigenvalue weighted by Crippen LogP contribution is 2.32. The summed E-state index contributed by atoms with van der Waals surface area (Å²) in [7, 11) is 0. The predicted octanol–water partition coefficient (Wildman–Crippen LogP) is 1.43. The Morgan fingerprint density at radius 3 is 2.57 bits per heavy atom. The standard InChI is InChI=1S/C21H21F3N6O5/c22-21(23,24)35-12-3-1-2-11(8-12)26-18(33)13-9-14(31)27-17-15(13)19(34)29-20(28-17)30-6-4-10(5-7-30)16(25)32/h1-3,8,10,13H,4-7,9H2,(H2,25,32)(H,26,33)(H2,27,28,29,31,34)/t13-/m1/s1. The normalized spacial score (nSPS) is 18.4. The van der Waals surface area contributed by atoms with Crippen LogP contribution in [-0.4, -0.2) is 47.1 Å². The lowest BCUT2D eigenvalue weighted by Crippen LogP contribution is -2.41. The number of alkyl halides is 3. The molecule has 0 bridgehead atoms. The van der Waals surface area contributed by atoms with Crippen LogP contribution < -0.4 is 31.6 Å². The van der Waals surface area contributed by atoms with E-state index < -0.39 is 41.3 Å². The second-order valence-corrected chi connectivity index (χ2v) is 8.19. The third-order valence-corrected chi connectivity index (χ3v) is 5.79. The Labute approximate surface area is 195 Å². The summed E-state index contributed by atoms with van der Waals surface area (Å²) in [6.45, 7) is 0.813. The first-order valence-electron chi connectivity index (χ1n) is 10.6. The molecule has 2 aliphatic rings. The average molecular weight is 494 g/mol. The fourth-order valence-corrected chi connectivity index (χ4v) is 4.11. The molecule has 5 N–H and O–H groups in total. The van der Waals surface area contributed by atoms with Gasteiger partial charge in [-0.2, -0.15) is 4.98 Å². The minimum absolute atomic E-state index is 0.0115. The van der Waals surface area contributed by atoms with Crippen molar-refractivity contribution in [2.24, 2.45) is 11.7 Å². The zero-order chi connectivity index (χ0) is 25.3. The van der Waals surface area contributed by atoms with E-state index >= 15 is 0 Å². The Balaban J connectivity index is 1.55. The molecule has 3 amide bonds. The molecule has 2 aliphatic heterocycles. The number of aromatic amines is 1. The fourth-order valence-electron chi connectivity index (χ4n) is 4.11. The number of aromatic nitrogens is 2. The van der Waals surface area contributed by atoms with Crippen molar-refractivity contribution >= 4 is 35.2 Å². The number of nitrogens with one attached hydrogen (secondary N) is 3. The average Bonchev–Trinajstić information content (AvgIpc) is 2.77. The van der Waals surface area contributed by atoms with Gasteiger partial charge < -0.3 is 26.0 Å². The number of amides is 3. The van der Waals surface area contributed by atoms with Gasteiger partial charge >= 0.3 is 6.36 Å². The molecule has 0 radical (unpaired) electrons. The Hall–Kier alpha value is -4.10. The third-order valence-electron chi connectivity index (χ3n) is 5.79. The van der Waals surface area contributed by atoms with Crippen LogP contribution in [0.15, 0.2) is 29.1 Å². The van der Waals surface area contributed by atoms with Crippen molar-refractivity contribution in [3.05, 3.63) is 40.2 Å². The minimum atomic E-state index is -4.91. The van der Waals surface area contributed by atoms with Crippen molar-refractivity contribution in [1.29, 1.82) is 0 Å². The van der Waals surface area contributed by atoms with Crippen LogP contribution >= 0.6 is 0 Å². The first-order valence-corrected chi connectivity index (χ1v) is 10.6. The number of halogens is 3. The molecule has 0 saturated carbocycles. The van der Waals surface area contributed by atoms with Crippen LogP contribution in [0.2, 0.25) is 0 Å². The monoisotopic (exact) mass is 494 g/mol. The smallest absolute Gasteiger partial charge is 0.406 e. The van der Waals surface area contributed by atoms with Crippen LogP contribution in [0.5, 0.6) is 5.75 Å². The molecule has 1 saturated heterocycles. The van der Waals surface area contributed by atoms with Crippen LogP contribution in [0, 0.1) is 5.92 Å². The van der Waals surface area contributed by atoms with Gasteiger partial charge in [-0.25, -0.2) is 0 Å². The summed E-state index contributed by atoms with van der Waals surface area (Å²) in [6.07, 6.45) is -4.31. The van der Waals surface area contributed by atoms with Crippen LogP contribution in [-0.2, 0) is 14.4 Å². The zero-order valence-electron chi connectivity index (χ0n) is 18.1. The van der Waals surface area contributed by atoms with E-state index in [1.54, 1.807) is 4.90 Å². The maximum absolute atomic E-state index is 12.9. The lowest BCUT2D eigenvalue weighted by molar-refractivity contribution is -0.274. The first-order chi connectivity index (χ1) is 16.5. The topological polar surface area (TPSA) is 160 Å². The second-order valence-electron chi connectivity index (χ2n) is 8.19. The van der Waals surface area contributed by atoms with E-state index in [9.17, 15) is 32.3 Å². The van der Waals surface area contributed by atoms with Gasteiger partial charge in [-0.1, -0.05) is 6.07 Å². The summed E-state index contributed by atoms with van der Waals surface area (Å²) in [5.74, 6) is -3.66. The van der Waals surface area contributed by atoms with Crippen LogP contribution in [0.1, 0.15) is 30.7 Å². The number of carbonyl (C=O) groups is 3. The molecule has 11 nitrogen and oxygen atoms in total. The number of fused-ring (bicyclic) bond motifs is 1. The number of anilines is 3. The summed E-state index contributed by atoms with van der Waals surface area (Å²) in [4.78, 5) is 58.1. The minimum Gasteiger partial charge on any atom is -0.406 e. The SMILES string of the molecule is NC(=O)C1CCN(c2nc3c(c(=O)[nH]2)[C@H](C(=O)Nc2cccc(OC(F)(F)F)c2)CC(=O)N3)CC1. The maximum Gasteiger partial charge on any atom is 0.573 e. The zero-order valence-corrected chi connectivity index (χ0v) is 18.1. The van der Waals surface area contributed by atoms with Crippen molar-refractivity contribution < 1.29 is 32.3 Å². The number of H-pyrrole nitrogens is 1. The second kappa shape index (κ2) is 9.27. The molecular weight excluding hydrogens is 473 g/mol. The van der Waals surface area contributed by atoms with Gasteiger partial charge in [0.2, 0.25) is 23.7 Å². The van der Waals surface area contributed by atoms with E-state index in [2.05, 4.69) is 25.3 Å². The summed E-state index contributed by atoms with van der Waals surface area (Å²) in [5, 5.41) is 4.91. The highest BCUT2D eigenvalue weighted by molar-refractivity contribution is 6.04. The Kier molecular flexibility index (Phi) is 6.37. The van der Waals surface area contributed by atoms with E-state index in [4.69, 9.17) is 5.73 Å². The van der Waals surface area contributed by atoms with E-state index in [-0.39, 0.29) is 35.4 Å². The number of rotatable bonds is 5. The molecule has 14 heteroatoms. The number of nitrogens with two attached hydrogens (primary N) is 1. The highest BCUT2D eigenvalue weighted by Gasteiger charge is 2.36. The van der Waals surface area contributed by atoms with Gasteiger partial charge in [-0.3, -0.25) is 24.2 Å². The molecule has 1 aromatic heterocycles. The van der Waals surface area contributed by atoms with Crippen molar-refractivity contribution in [1.82, 2.24) is 9.97 Å². The number of carbonyl (C=O) groups excluding carboxylic acids is 3. The van der Waals surface area contributed by atoms with Gasteiger partial charge in [0.1, 0.15) is 11.6 Å². The Bertz CT molecular complexity index is 1220. The van der Waals surface area contributed by atoms with Gasteiger partial charge in [-0.05, 0) is 25.0 Å². The summed E-state index contributed by atoms with van der Waals surface area (Å²) in [5.41, 5.74) is 4.62. The molecule has 0 aliphatic carbocycles. The molecule has 1 fully saturated rings. The van der Waals surface area contributed by atoms with Gasteiger partial charge in [0.15, 0.2) is 0 Å². The molecule has 2 aromatic rings. The van der Waals surface area contributed by atoms with E-state index in [0.29, 0.717) is 25.9 Å². The van der Waals surface area contributed by atoms with Crippen LogP contribution in [0.4, 0.5) is 30.6 Å². The molecule has 0 unspecified atom stereocenters. The molecule has 3 heterocycles. The van der Waals surface area contributed by atoms with E-state index in [0.717, 1.165) is 12.1 Å². The lowest BCUT2D eigenvalue weighted by atomic mass is 9.92. The number of primary amides is 1. The van der Waals surface area contributed by atoms with Gasteiger partial charge in [0.05, 0.1) is 11.5 Å². The molecule has 186 valence electrons. The molecule has 1 aromatic carbocycles. The number of ether oxygens (including phenoxy) is 1. The van der Waals surface area contributed by atoms with Crippen molar-refractivity contribution in [3.63, 3.8) is 0 Å². The van der Waals surface area contributed by atoms with Gasteiger partial charge in [-0.15, -0.1) is 13.2 Å². The first kappa shape index (κ1) is 24.0. The molecular formula is C21H21F3N6O5. The highest BCUT2D eigenvalue weighted by atomic mass is 19.4. The van der Waals surface area contributed by atoms with Crippen LogP contribution in [0.3, 0.4) is 0 Å². The third kappa shape index (κ3) is 5.53. The molecule has 35 heavy (non-hydrogen) atoms.